The summed E-state index contributed by atoms with van der Waals surface area (Å²) in [6.45, 7) is 3.20. The Hall–Kier alpha value is -2.10. The first kappa shape index (κ1) is 20.2. The molecule has 1 fully saturated rings. The molecular weight excluding hydrogens is 328 g/mol. The van der Waals surface area contributed by atoms with E-state index in [1.54, 1.807) is 7.11 Å². The first-order valence-electron chi connectivity index (χ1n) is 9.22. The molecule has 0 aromatic heterocycles. The van der Waals surface area contributed by atoms with Crippen molar-refractivity contribution in [2.75, 3.05) is 47.4 Å². The molecule has 0 radical (unpaired) electrons. The standard InChI is InChI=1S/C20H30N4O2/c1-23(2)19(16-5-7-18(26-3)8-6-16)15-22-20(25)17-9-13-24(14-10-17)12-4-11-21/h5-8,17,19H,4,9-10,12-15H2,1-3H3,(H,22,25). The van der Waals surface area contributed by atoms with Crippen LogP contribution >= 0.6 is 0 Å². The minimum Gasteiger partial charge on any atom is -0.497 e. The summed E-state index contributed by atoms with van der Waals surface area (Å²) in [6, 6.07) is 10.3. The van der Waals surface area contributed by atoms with E-state index in [0.717, 1.165) is 43.8 Å². The van der Waals surface area contributed by atoms with Gasteiger partial charge in [0.05, 0.1) is 19.2 Å². The number of likely N-dealkylation sites (tertiary alicyclic amines) is 1. The molecule has 142 valence electrons. The van der Waals surface area contributed by atoms with E-state index in [2.05, 4.69) is 21.2 Å². The smallest absolute Gasteiger partial charge is 0.223 e. The van der Waals surface area contributed by atoms with Gasteiger partial charge in [-0.2, -0.15) is 5.26 Å². The van der Waals surface area contributed by atoms with Gasteiger partial charge < -0.3 is 19.9 Å². The van der Waals surface area contributed by atoms with Crippen molar-refractivity contribution in [2.45, 2.75) is 25.3 Å². The second-order valence-corrected chi connectivity index (χ2v) is 7.02. The van der Waals surface area contributed by atoms with Gasteiger partial charge in [-0.05, 0) is 57.7 Å². The summed E-state index contributed by atoms with van der Waals surface area (Å²) in [6.07, 6.45) is 2.29. The number of nitrogens with zero attached hydrogens (tertiary/aromatic N) is 3. The summed E-state index contributed by atoms with van der Waals surface area (Å²) in [5, 5.41) is 11.8. The Balaban J connectivity index is 1.85. The molecule has 1 unspecified atom stereocenters. The molecule has 0 aliphatic carbocycles. The molecule has 26 heavy (non-hydrogen) atoms. The Morgan fingerprint density at radius 3 is 2.54 bits per heavy atom. The zero-order valence-corrected chi connectivity index (χ0v) is 16.1. The van der Waals surface area contributed by atoms with E-state index in [4.69, 9.17) is 10.00 Å². The van der Waals surface area contributed by atoms with Crippen LogP contribution in [0.15, 0.2) is 24.3 Å². The van der Waals surface area contributed by atoms with Gasteiger partial charge in [-0.15, -0.1) is 0 Å². The second-order valence-electron chi connectivity index (χ2n) is 7.02. The van der Waals surface area contributed by atoms with Crippen molar-refractivity contribution in [3.8, 4) is 11.8 Å². The van der Waals surface area contributed by atoms with Gasteiger partial charge in [-0.25, -0.2) is 0 Å². The van der Waals surface area contributed by atoms with Crippen LogP contribution in [0, 0.1) is 17.2 Å². The fraction of sp³-hybridized carbons (Fsp3) is 0.600. The van der Waals surface area contributed by atoms with Gasteiger partial charge in [0.15, 0.2) is 0 Å². The van der Waals surface area contributed by atoms with Gasteiger partial charge in [0, 0.05) is 25.4 Å². The Labute approximate surface area is 156 Å². The summed E-state index contributed by atoms with van der Waals surface area (Å²) in [5.41, 5.74) is 1.16. The molecule has 0 saturated carbocycles. The predicted molar refractivity (Wildman–Crippen MR) is 102 cm³/mol. The highest BCUT2D eigenvalue weighted by Gasteiger charge is 2.25. The molecule has 1 aliphatic heterocycles. The monoisotopic (exact) mass is 358 g/mol. The topological polar surface area (TPSA) is 68.6 Å². The van der Waals surface area contributed by atoms with E-state index in [-0.39, 0.29) is 17.9 Å². The quantitative estimate of drug-likeness (QED) is 0.770. The van der Waals surface area contributed by atoms with Crippen molar-refractivity contribution in [1.29, 1.82) is 5.26 Å². The summed E-state index contributed by atoms with van der Waals surface area (Å²) < 4.78 is 5.21. The Morgan fingerprint density at radius 1 is 1.35 bits per heavy atom. The van der Waals surface area contributed by atoms with Crippen molar-refractivity contribution in [2.24, 2.45) is 5.92 Å². The molecule has 1 amide bonds. The second kappa shape index (κ2) is 10.1. The average Bonchev–Trinajstić information content (AvgIpc) is 2.67. The van der Waals surface area contributed by atoms with Crippen molar-refractivity contribution in [1.82, 2.24) is 15.1 Å². The lowest BCUT2D eigenvalue weighted by atomic mass is 9.95. The SMILES string of the molecule is COc1ccc(C(CNC(=O)C2CCN(CCC#N)CC2)N(C)C)cc1. The van der Waals surface area contributed by atoms with Crippen LogP contribution in [-0.4, -0.2) is 63.1 Å². The molecule has 1 aliphatic rings. The molecule has 1 atom stereocenters. The van der Waals surface area contributed by atoms with Crippen LogP contribution in [0.1, 0.15) is 30.9 Å². The highest BCUT2D eigenvalue weighted by Crippen LogP contribution is 2.22. The van der Waals surface area contributed by atoms with Crippen molar-refractivity contribution in [3.63, 3.8) is 0 Å². The van der Waals surface area contributed by atoms with E-state index < -0.39 is 0 Å². The Bertz CT molecular complexity index is 601. The van der Waals surface area contributed by atoms with Crippen molar-refractivity contribution < 1.29 is 9.53 Å². The van der Waals surface area contributed by atoms with Gasteiger partial charge in [-0.1, -0.05) is 12.1 Å². The maximum Gasteiger partial charge on any atom is 0.223 e. The van der Waals surface area contributed by atoms with Crippen molar-refractivity contribution >= 4 is 5.91 Å². The number of benzene rings is 1. The molecule has 1 saturated heterocycles. The first-order valence-corrected chi connectivity index (χ1v) is 9.22. The molecule has 1 aromatic rings. The number of rotatable bonds is 8. The number of piperidine rings is 1. The molecule has 1 heterocycles. The molecule has 1 N–H and O–H groups in total. The normalized spacial score (nSPS) is 16.9. The minimum atomic E-state index is 0.0759. The third-order valence-electron chi connectivity index (χ3n) is 5.09. The summed E-state index contributed by atoms with van der Waals surface area (Å²) in [4.78, 5) is 16.9. The van der Waals surface area contributed by atoms with Crippen LogP contribution in [0.5, 0.6) is 5.75 Å². The van der Waals surface area contributed by atoms with Crippen LogP contribution in [0.4, 0.5) is 0 Å². The molecule has 1 aromatic carbocycles. The molecule has 2 rings (SSSR count). The van der Waals surface area contributed by atoms with E-state index in [1.807, 2.05) is 38.4 Å². The van der Waals surface area contributed by atoms with Gasteiger partial charge >= 0.3 is 0 Å². The number of amides is 1. The highest BCUT2D eigenvalue weighted by molar-refractivity contribution is 5.78. The molecule has 0 spiro atoms. The fourth-order valence-electron chi connectivity index (χ4n) is 3.39. The number of likely N-dealkylation sites (N-methyl/N-ethyl adjacent to an activating group) is 1. The van der Waals surface area contributed by atoms with Crippen LogP contribution in [0.25, 0.3) is 0 Å². The lowest BCUT2D eigenvalue weighted by Gasteiger charge is -2.31. The number of carbonyl (C=O) groups excluding carboxylic acids is 1. The molecular formula is C20H30N4O2. The highest BCUT2D eigenvalue weighted by atomic mass is 16.5. The van der Waals surface area contributed by atoms with Crippen LogP contribution in [-0.2, 0) is 4.79 Å². The molecule has 6 heteroatoms. The Kier molecular flexibility index (Phi) is 7.89. The lowest BCUT2D eigenvalue weighted by molar-refractivity contribution is -0.126. The summed E-state index contributed by atoms with van der Waals surface area (Å²) >= 11 is 0. The van der Waals surface area contributed by atoms with Crippen molar-refractivity contribution in [3.05, 3.63) is 29.8 Å². The molecule has 6 nitrogen and oxygen atoms in total. The minimum absolute atomic E-state index is 0.0759. The van der Waals surface area contributed by atoms with E-state index in [9.17, 15) is 4.79 Å². The zero-order valence-electron chi connectivity index (χ0n) is 16.1. The van der Waals surface area contributed by atoms with Crippen LogP contribution in [0.2, 0.25) is 0 Å². The number of hydrogen-bond donors (Lipinski definition) is 1. The fourth-order valence-corrected chi connectivity index (χ4v) is 3.39. The number of carbonyl (C=O) groups is 1. The zero-order chi connectivity index (χ0) is 18.9. The van der Waals surface area contributed by atoms with E-state index in [1.165, 1.54) is 0 Å². The van der Waals surface area contributed by atoms with Crippen LogP contribution < -0.4 is 10.1 Å². The maximum atomic E-state index is 12.6. The third kappa shape index (κ3) is 5.72. The summed E-state index contributed by atoms with van der Waals surface area (Å²) in [7, 11) is 5.70. The maximum absolute atomic E-state index is 12.6. The number of hydrogen-bond acceptors (Lipinski definition) is 5. The van der Waals surface area contributed by atoms with Gasteiger partial charge in [0.2, 0.25) is 5.91 Å². The Morgan fingerprint density at radius 2 is 2.00 bits per heavy atom. The van der Waals surface area contributed by atoms with Gasteiger partial charge in [-0.3, -0.25) is 4.79 Å². The number of ether oxygens (including phenoxy) is 1. The average molecular weight is 358 g/mol. The largest absolute Gasteiger partial charge is 0.497 e. The lowest BCUT2D eigenvalue weighted by Crippen LogP contribution is -2.42. The molecule has 0 bridgehead atoms. The van der Waals surface area contributed by atoms with Gasteiger partial charge in [0.1, 0.15) is 5.75 Å². The number of methoxy groups -OCH3 is 1. The van der Waals surface area contributed by atoms with E-state index >= 15 is 0 Å². The van der Waals surface area contributed by atoms with Crippen LogP contribution in [0.3, 0.4) is 0 Å². The number of nitriles is 1. The first-order chi connectivity index (χ1) is 12.5. The predicted octanol–water partition coefficient (Wildman–Crippen LogP) is 2.04. The van der Waals surface area contributed by atoms with E-state index in [0.29, 0.717) is 13.0 Å². The third-order valence-corrected chi connectivity index (χ3v) is 5.09. The number of nitrogens with one attached hydrogen (secondary N) is 1. The summed E-state index contributed by atoms with van der Waals surface area (Å²) in [5.74, 6) is 1.05. The van der Waals surface area contributed by atoms with Gasteiger partial charge in [0.25, 0.3) is 0 Å².